The van der Waals surface area contributed by atoms with Gasteiger partial charge in [-0.15, -0.1) is 0 Å². The Hall–Kier alpha value is -3.76. The molecule has 3 aliphatic heterocycles. The molecule has 3 atom stereocenters. The van der Waals surface area contributed by atoms with E-state index in [-0.39, 0.29) is 6.10 Å². The number of epoxide rings is 1. The van der Waals surface area contributed by atoms with E-state index in [4.69, 9.17) is 23.6 Å². The maximum absolute atomic E-state index is 11.9. The first-order valence-electron chi connectivity index (χ1n) is 16.5. The highest BCUT2D eigenvalue weighted by Gasteiger charge is 2.40. The predicted octanol–water partition coefficient (Wildman–Crippen LogP) is 5.87. The third-order valence-electron chi connectivity index (χ3n) is 10.0. The number of oxazole rings is 1. The number of carboxylic acids is 1. The Kier molecular flexibility index (Phi) is 8.83. The fourth-order valence-electron chi connectivity index (χ4n) is 7.24. The average molecular weight is 626 g/mol. The lowest BCUT2D eigenvalue weighted by Gasteiger charge is -2.33. The monoisotopic (exact) mass is 625 g/mol. The summed E-state index contributed by atoms with van der Waals surface area (Å²) in [5.74, 6) is 0.462. The summed E-state index contributed by atoms with van der Waals surface area (Å²) in [4.78, 5) is 21.3. The fraction of sp³-hybridized carbons (Fsp3) is 0.459. The smallest absolute Gasteiger partial charge is 0.320 e. The summed E-state index contributed by atoms with van der Waals surface area (Å²) >= 11 is 0. The number of piperidine rings is 1. The standard InChI is InChI=1S/C37H43N3O6/c1-23-25(19-34-35(45-34)22-39-14-16-44-17-15-39)8-6-9-27(23)28-10-7-11-29(24(28)2)36-38-30-18-26(32(43-3)20-33(30)46-36)21-40-13-5-4-12-31(40)37(41)42/h6-11,18,20,31,34-35H,4-5,12-17,19,21-22H2,1-3H3,(H,41,42). The number of ether oxygens (including phenoxy) is 3. The summed E-state index contributed by atoms with van der Waals surface area (Å²) in [6.07, 6.45) is 4.05. The predicted molar refractivity (Wildman–Crippen MR) is 176 cm³/mol. The Morgan fingerprint density at radius 3 is 2.50 bits per heavy atom. The van der Waals surface area contributed by atoms with Crippen molar-refractivity contribution in [2.45, 2.75) is 64.3 Å². The summed E-state index contributed by atoms with van der Waals surface area (Å²) in [6, 6.07) is 16.2. The van der Waals surface area contributed by atoms with Crippen LogP contribution >= 0.6 is 0 Å². The van der Waals surface area contributed by atoms with E-state index >= 15 is 0 Å². The molecule has 0 amide bonds. The lowest BCUT2D eigenvalue weighted by Crippen LogP contribution is -2.44. The molecule has 4 heterocycles. The molecule has 9 heteroatoms. The van der Waals surface area contributed by atoms with E-state index in [1.54, 1.807) is 7.11 Å². The van der Waals surface area contributed by atoms with Gasteiger partial charge in [0.2, 0.25) is 5.89 Å². The Balaban J connectivity index is 1.13. The van der Waals surface area contributed by atoms with Crippen LogP contribution in [0.25, 0.3) is 33.7 Å². The molecule has 0 saturated carbocycles. The molecule has 7 rings (SSSR count). The lowest BCUT2D eigenvalue weighted by atomic mass is 9.90. The molecule has 1 aromatic heterocycles. The molecule has 46 heavy (non-hydrogen) atoms. The molecule has 242 valence electrons. The number of aliphatic carboxylic acids is 1. The summed E-state index contributed by atoms with van der Waals surface area (Å²) in [7, 11) is 1.64. The van der Waals surface area contributed by atoms with Crippen LogP contribution in [-0.4, -0.2) is 90.6 Å². The van der Waals surface area contributed by atoms with Gasteiger partial charge >= 0.3 is 5.97 Å². The molecule has 0 aliphatic carbocycles. The number of carbonyl (C=O) groups is 1. The number of rotatable bonds is 10. The molecule has 1 N–H and O–H groups in total. The summed E-state index contributed by atoms with van der Waals surface area (Å²) in [5.41, 5.74) is 9.28. The van der Waals surface area contributed by atoms with Gasteiger partial charge in [0.15, 0.2) is 5.58 Å². The van der Waals surface area contributed by atoms with Crippen molar-refractivity contribution >= 4 is 17.1 Å². The Morgan fingerprint density at radius 2 is 1.72 bits per heavy atom. The number of aromatic nitrogens is 1. The molecule has 3 aromatic carbocycles. The molecule has 0 bridgehead atoms. The van der Waals surface area contributed by atoms with Crippen LogP contribution in [0.1, 0.15) is 41.5 Å². The van der Waals surface area contributed by atoms with E-state index in [2.05, 4.69) is 55.1 Å². The highest BCUT2D eigenvalue weighted by molar-refractivity contribution is 5.82. The van der Waals surface area contributed by atoms with E-state index in [0.717, 1.165) is 86.4 Å². The molecular formula is C37H43N3O6. The van der Waals surface area contributed by atoms with Gasteiger partial charge in [-0.2, -0.15) is 0 Å². The van der Waals surface area contributed by atoms with Gasteiger partial charge in [0, 0.05) is 49.8 Å². The number of nitrogens with zero attached hydrogens (tertiary/aromatic N) is 3. The molecule has 3 aliphatic rings. The SMILES string of the molecule is COc1cc2oc(-c3cccc(-c4cccc(CC5OC5CN5CCOCC5)c4C)c3C)nc2cc1CN1CCCCC1C(=O)O. The summed E-state index contributed by atoms with van der Waals surface area (Å²) in [5, 5.41) is 9.77. The highest BCUT2D eigenvalue weighted by atomic mass is 16.6. The van der Waals surface area contributed by atoms with Gasteiger partial charge in [-0.3, -0.25) is 14.6 Å². The fourth-order valence-corrected chi connectivity index (χ4v) is 7.24. The minimum Gasteiger partial charge on any atom is -0.496 e. The maximum atomic E-state index is 11.9. The van der Waals surface area contributed by atoms with Crippen LogP contribution in [0.2, 0.25) is 0 Å². The van der Waals surface area contributed by atoms with Crippen LogP contribution < -0.4 is 4.74 Å². The van der Waals surface area contributed by atoms with Crippen molar-refractivity contribution in [2.75, 3.05) is 46.5 Å². The first kappa shape index (κ1) is 30.9. The number of hydrogen-bond acceptors (Lipinski definition) is 8. The van der Waals surface area contributed by atoms with E-state index in [0.29, 0.717) is 36.3 Å². The van der Waals surface area contributed by atoms with Crippen molar-refractivity contribution in [3.8, 4) is 28.3 Å². The zero-order chi connectivity index (χ0) is 31.8. The minimum atomic E-state index is -0.770. The normalized spacial score (nSPS) is 22.3. The number of methoxy groups -OCH3 is 1. The van der Waals surface area contributed by atoms with Crippen LogP contribution in [0, 0.1) is 13.8 Å². The molecule has 3 saturated heterocycles. The Bertz CT molecular complexity index is 1730. The molecular weight excluding hydrogens is 582 g/mol. The number of benzene rings is 3. The van der Waals surface area contributed by atoms with Crippen molar-refractivity contribution in [1.82, 2.24) is 14.8 Å². The minimum absolute atomic E-state index is 0.260. The number of likely N-dealkylation sites (tertiary alicyclic amines) is 1. The van der Waals surface area contributed by atoms with Crippen molar-refractivity contribution < 1.29 is 28.5 Å². The first-order chi connectivity index (χ1) is 22.4. The third kappa shape index (κ3) is 6.29. The number of morpholine rings is 1. The second kappa shape index (κ2) is 13.2. The topological polar surface area (TPSA) is 101 Å². The maximum Gasteiger partial charge on any atom is 0.320 e. The van der Waals surface area contributed by atoms with Gasteiger partial charge in [-0.05, 0) is 73.2 Å². The number of fused-ring (bicyclic) bond motifs is 1. The molecule has 0 radical (unpaired) electrons. The van der Waals surface area contributed by atoms with Crippen LogP contribution in [0.3, 0.4) is 0 Å². The van der Waals surface area contributed by atoms with Gasteiger partial charge in [0.25, 0.3) is 0 Å². The molecule has 9 nitrogen and oxygen atoms in total. The molecule has 3 unspecified atom stereocenters. The third-order valence-corrected chi connectivity index (χ3v) is 10.0. The number of hydrogen-bond donors (Lipinski definition) is 1. The summed E-state index contributed by atoms with van der Waals surface area (Å²) in [6.45, 7) is 10.1. The zero-order valence-electron chi connectivity index (χ0n) is 27.0. The van der Waals surface area contributed by atoms with Crippen LogP contribution in [0.4, 0.5) is 0 Å². The number of carboxylic acid groups (broad SMARTS) is 1. The van der Waals surface area contributed by atoms with E-state index in [1.165, 1.54) is 16.7 Å². The van der Waals surface area contributed by atoms with Crippen molar-refractivity contribution in [2.24, 2.45) is 0 Å². The van der Waals surface area contributed by atoms with Gasteiger partial charge in [-0.25, -0.2) is 4.98 Å². The van der Waals surface area contributed by atoms with E-state index < -0.39 is 12.0 Å². The largest absolute Gasteiger partial charge is 0.496 e. The lowest BCUT2D eigenvalue weighted by molar-refractivity contribution is -0.144. The summed E-state index contributed by atoms with van der Waals surface area (Å²) < 4.78 is 23.6. The van der Waals surface area contributed by atoms with Crippen LogP contribution in [0.5, 0.6) is 5.75 Å². The first-order valence-corrected chi connectivity index (χ1v) is 16.5. The van der Waals surface area contributed by atoms with Crippen LogP contribution in [-0.2, 0) is 27.2 Å². The second-order valence-corrected chi connectivity index (χ2v) is 12.9. The molecule has 4 aromatic rings. The van der Waals surface area contributed by atoms with E-state index in [9.17, 15) is 9.90 Å². The molecule has 3 fully saturated rings. The Labute approximate surface area is 270 Å². The second-order valence-electron chi connectivity index (χ2n) is 12.9. The van der Waals surface area contributed by atoms with Gasteiger partial charge < -0.3 is 23.7 Å². The highest BCUT2D eigenvalue weighted by Crippen LogP contribution is 2.38. The zero-order valence-corrected chi connectivity index (χ0v) is 27.0. The Morgan fingerprint density at radius 1 is 0.957 bits per heavy atom. The van der Waals surface area contributed by atoms with Crippen LogP contribution in [0.15, 0.2) is 52.9 Å². The molecule has 0 spiro atoms. The van der Waals surface area contributed by atoms with Gasteiger partial charge in [0.1, 0.15) is 17.3 Å². The van der Waals surface area contributed by atoms with Crippen molar-refractivity contribution in [1.29, 1.82) is 0 Å². The van der Waals surface area contributed by atoms with Gasteiger partial charge in [0.05, 0.1) is 32.5 Å². The van der Waals surface area contributed by atoms with E-state index in [1.807, 2.05) is 17.0 Å². The van der Waals surface area contributed by atoms with Gasteiger partial charge in [-0.1, -0.05) is 36.8 Å². The average Bonchev–Trinajstić information content (AvgIpc) is 3.65. The quantitative estimate of drug-likeness (QED) is 0.217. The van der Waals surface area contributed by atoms with Crippen molar-refractivity contribution in [3.05, 3.63) is 70.8 Å². The van der Waals surface area contributed by atoms with Crippen molar-refractivity contribution in [3.63, 3.8) is 0 Å².